The van der Waals surface area contributed by atoms with Crippen LogP contribution in [0.5, 0.6) is 0 Å². The van der Waals surface area contributed by atoms with Crippen molar-refractivity contribution in [2.45, 2.75) is 25.5 Å². The van der Waals surface area contributed by atoms with Gasteiger partial charge in [0.25, 0.3) is 0 Å². The molecule has 0 amide bonds. The average Bonchev–Trinajstić information content (AvgIpc) is 2.71. The predicted octanol–water partition coefficient (Wildman–Crippen LogP) is 0.524. The Labute approximate surface area is 159 Å². The highest BCUT2D eigenvalue weighted by Crippen LogP contribution is 2.23. The van der Waals surface area contributed by atoms with Crippen LogP contribution in [0.2, 0.25) is 0 Å². The summed E-state index contributed by atoms with van der Waals surface area (Å²) in [6.07, 6.45) is 4.04. The van der Waals surface area contributed by atoms with Crippen molar-refractivity contribution in [3.8, 4) is 0 Å². The van der Waals surface area contributed by atoms with Crippen molar-refractivity contribution >= 4 is 17.6 Å². The van der Waals surface area contributed by atoms with Crippen molar-refractivity contribution < 1.29 is 5.11 Å². The molecule has 0 radical (unpaired) electrons. The molecule has 2 saturated heterocycles. The van der Waals surface area contributed by atoms with E-state index in [1.807, 2.05) is 30.2 Å². The van der Waals surface area contributed by atoms with Gasteiger partial charge in [-0.15, -0.1) is 0 Å². The van der Waals surface area contributed by atoms with Crippen LogP contribution in [-0.2, 0) is 0 Å². The molecule has 0 saturated carbocycles. The quantitative estimate of drug-likeness (QED) is 0.809. The topological polar surface area (TPSA) is 94.6 Å². The van der Waals surface area contributed by atoms with E-state index in [-0.39, 0.29) is 6.04 Å². The molecule has 0 unspecified atom stereocenters. The number of anilines is 3. The fraction of sp³-hybridized carbons (Fsp3) is 0.526. The van der Waals surface area contributed by atoms with Gasteiger partial charge in [-0.3, -0.25) is 4.90 Å². The van der Waals surface area contributed by atoms with Gasteiger partial charge in [-0.05, 0) is 25.5 Å². The van der Waals surface area contributed by atoms with Crippen LogP contribution in [-0.4, -0.2) is 76.4 Å². The second kappa shape index (κ2) is 7.66. The molecule has 2 atom stereocenters. The van der Waals surface area contributed by atoms with E-state index in [9.17, 15) is 5.11 Å². The number of piperazine rings is 1. The standard InChI is InChI=1S/C19H27N7O/c1-14-12-22-19(23-18(14)20)26-7-5-15(16(27)13-26)24-8-10-25(11-9-24)17-4-2-3-6-21-17/h2-4,6,12,15-16,27H,5,7-11,13H2,1H3,(H2,20,22,23)/t15-,16-/m1/s1. The van der Waals surface area contributed by atoms with Gasteiger partial charge < -0.3 is 20.6 Å². The van der Waals surface area contributed by atoms with Crippen molar-refractivity contribution in [1.82, 2.24) is 19.9 Å². The molecule has 144 valence electrons. The summed E-state index contributed by atoms with van der Waals surface area (Å²) in [5, 5.41) is 10.8. The molecule has 2 fully saturated rings. The number of aliphatic hydroxyl groups is 1. The van der Waals surface area contributed by atoms with Crippen molar-refractivity contribution in [3.63, 3.8) is 0 Å². The monoisotopic (exact) mass is 369 g/mol. The lowest BCUT2D eigenvalue weighted by molar-refractivity contribution is 0.0334. The van der Waals surface area contributed by atoms with Crippen LogP contribution >= 0.6 is 0 Å². The highest BCUT2D eigenvalue weighted by molar-refractivity contribution is 5.44. The first-order valence-corrected chi connectivity index (χ1v) is 9.54. The van der Waals surface area contributed by atoms with Crippen LogP contribution < -0.4 is 15.5 Å². The number of pyridine rings is 1. The summed E-state index contributed by atoms with van der Waals surface area (Å²) >= 11 is 0. The SMILES string of the molecule is Cc1cnc(N2CC[C@@H](N3CCN(c4ccccn4)CC3)[C@H](O)C2)nc1N. The summed E-state index contributed by atoms with van der Waals surface area (Å²) in [5.74, 6) is 2.14. The van der Waals surface area contributed by atoms with E-state index in [2.05, 4.69) is 30.8 Å². The second-order valence-electron chi connectivity index (χ2n) is 7.32. The molecule has 8 nitrogen and oxygen atoms in total. The first-order chi connectivity index (χ1) is 13.1. The second-order valence-corrected chi connectivity index (χ2v) is 7.32. The number of aryl methyl sites for hydroxylation is 1. The molecule has 0 aliphatic carbocycles. The molecular formula is C19H27N7O. The molecule has 8 heteroatoms. The van der Waals surface area contributed by atoms with Gasteiger partial charge in [0, 0.05) is 63.3 Å². The van der Waals surface area contributed by atoms with E-state index in [1.165, 1.54) is 0 Å². The number of hydrogen-bond donors (Lipinski definition) is 2. The largest absolute Gasteiger partial charge is 0.390 e. The number of β-amino-alcohol motifs (C(OH)–C–C–N with tert-alkyl or cyclic N) is 1. The van der Waals surface area contributed by atoms with Gasteiger partial charge in [0.15, 0.2) is 0 Å². The van der Waals surface area contributed by atoms with Crippen molar-refractivity contribution in [3.05, 3.63) is 36.2 Å². The van der Waals surface area contributed by atoms with Crippen molar-refractivity contribution in [2.75, 3.05) is 54.8 Å². The van der Waals surface area contributed by atoms with Crippen LogP contribution in [0.1, 0.15) is 12.0 Å². The van der Waals surface area contributed by atoms with E-state index in [0.29, 0.717) is 18.3 Å². The summed E-state index contributed by atoms with van der Waals surface area (Å²) < 4.78 is 0. The highest BCUT2D eigenvalue weighted by atomic mass is 16.3. The summed E-state index contributed by atoms with van der Waals surface area (Å²) in [5.41, 5.74) is 6.78. The maximum atomic E-state index is 10.8. The van der Waals surface area contributed by atoms with E-state index >= 15 is 0 Å². The van der Waals surface area contributed by atoms with E-state index in [0.717, 1.165) is 50.5 Å². The van der Waals surface area contributed by atoms with E-state index in [4.69, 9.17) is 5.73 Å². The van der Waals surface area contributed by atoms with Crippen LogP contribution in [0, 0.1) is 6.92 Å². The Balaban J connectivity index is 1.34. The molecule has 0 bridgehead atoms. The maximum absolute atomic E-state index is 10.8. The van der Waals surface area contributed by atoms with Gasteiger partial charge in [-0.25, -0.2) is 9.97 Å². The molecule has 3 N–H and O–H groups in total. The smallest absolute Gasteiger partial charge is 0.227 e. The third-order valence-electron chi connectivity index (χ3n) is 5.58. The van der Waals surface area contributed by atoms with Crippen molar-refractivity contribution in [1.29, 1.82) is 0 Å². The minimum atomic E-state index is -0.425. The number of nitrogens with two attached hydrogens (primary N) is 1. The Morgan fingerprint density at radius 3 is 2.56 bits per heavy atom. The molecule has 4 rings (SSSR count). The number of nitrogen functional groups attached to an aromatic ring is 1. The van der Waals surface area contributed by atoms with Gasteiger partial charge in [0.05, 0.1) is 6.10 Å². The number of hydrogen-bond acceptors (Lipinski definition) is 8. The van der Waals surface area contributed by atoms with E-state index in [1.54, 1.807) is 6.20 Å². The molecule has 4 heterocycles. The first kappa shape index (κ1) is 17.9. The minimum Gasteiger partial charge on any atom is -0.390 e. The third kappa shape index (κ3) is 3.81. The molecule has 2 aliphatic rings. The van der Waals surface area contributed by atoms with Crippen LogP contribution in [0.25, 0.3) is 0 Å². The molecule has 2 aromatic rings. The first-order valence-electron chi connectivity index (χ1n) is 9.54. The maximum Gasteiger partial charge on any atom is 0.227 e. The zero-order valence-corrected chi connectivity index (χ0v) is 15.7. The lowest BCUT2D eigenvalue weighted by Gasteiger charge is -2.45. The lowest BCUT2D eigenvalue weighted by Crippen LogP contribution is -2.59. The predicted molar refractivity (Wildman–Crippen MR) is 106 cm³/mol. The van der Waals surface area contributed by atoms with Crippen molar-refractivity contribution in [2.24, 2.45) is 0 Å². The Bertz CT molecular complexity index is 764. The lowest BCUT2D eigenvalue weighted by atomic mass is 9.99. The Morgan fingerprint density at radius 2 is 1.89 bits per heavy atom. The van der Waals surface area contributed by atoms with Gasteiger partial charge in [-0.1, -0.05) is 6.07 Å². The number of rotatable bonds is 3. The third-order valence-corrected chi connectivity index (χ3v) is 5.58. The fourth-order valence-corrected chi connectivity index (χ4v) is 3.95. The molecule has 2 aromatic heterocycles. The molecule has 27 heavy (non-hydrogen) atoms. The molecule has 0 aromatic carbocycles. The zero-order valence-electron chi connectivity index (χ0n) is 15.7. The number of nitrogens with zero attached hydrogens (tertiary/aromatic N) is 6. The van der Waals surface area contributed by atoms with Gasteiger partial charge in [-0.2, -0.15) is 4.98 Å². The van der Waals surface area contributed by atoms with E-state index < -0.39 is 6.10 Å². The fourth-order valence-electron chi connectivity index (χ4n) is 3.95. The highest BCUT2D eigenvalue weighted by Gasteiger charge is 2.34. The molecule has 0 spiro atoms. The summed E-state index contributed by atoms with van der Waals surface area (Å²) in [6.45, 7) is 6.99. The number of aliphatic hydroxyl groups excluding tert-OH is 1. The minimum absolute atomic E-state index is 0.176. The normalized spacial score (nSPS) is 24.2. The zero-order chi connectivity index (χ0) is 18.8. The Hall–Kier alpha value is -2.45. The summed E-state index contributed by atoms with van der Waals surface area (Å²) in [4.78, 5) is 19.9. The van der Waals surface area contributed by atoms with Crippen LogP contribution in [0.4, 0.5) is 17.6 Å². The Kier molecular flexibility index (Phi) is 5.09. The van der Waals surface area contributed by atoms with Gasteiger partial charge >= 0.3 is 0 Å². The number of aromatic nitrogens is 3. The molecular weight excluding hydrogens is 342 g/mol. The van der Waals surface area contributed by atoms with Gasteiger partial charge in [0.2, 0.25) is 5.95 Å². The van der Waals surface area contributed by atoms with Crippen LogP contribution in [0.3, 0.4) is 0 Å². The van der Waals surface area contributed by atoms with Crippen LogP contribution in [0.15, 0.2) is 30.6 Å². The summed E-state index contributed by atoms with van der Waals surface area (Å²) in [6, 6.07) is 6.19. The molecule has 2 aliphatic heterocycles. The average molecular weight is 369 g/mol. The van der Waals surface area contributed by atoms with Gasteiger partial charge in [0.1, 0.15) is 11.6 Å². The number of piperidine rings is 1. The Morgan fingerprint density at radius 1 is 1.07 bits per heavy atom. The summed E-state index contributed by atoms with van der Waals surface area (Å²) in [7, 11) is 0.